The quantitative estimate of drug-likeness (QED) is 0.571. The average molecular weight is 343 g/mol. The van der Waals surface area contributed by atoms with E-state index in [1.807, 2.05) is 0 Å². The molecule has 2 nitrogen and oxygen atoms in total. The number of rotatable bonds is 2. The van der Waals surface area contributed by atoms with Gasteiger partial charge in [0, 0.05) is 5.92 Å². The fourth-order valence-electron chi connectivity index (χ4n) is 7.80. The second-order valence-corrected chi connectivity index (χ2v) is 10.0. The number of carbonyl (C=O) groups excluding carboxylic acids is 1. The molecule has 4 aliphatic rings. The molecule has 0 aliphatic heterocycles. The smallest absolute Gasteiger partial charge is 0.126 e. The first-order chi connectivity index (χ1) is 11.8. The summed E-state index contributed by atoms with van der Waals surface area (Å²) >= 11 is 0. The van der Waals surface area contributed by atoms with E-state index in [9.17, 15) is 9.90 Å². The second-order valence-electron chi connectivity index (χ2n) is 10.0. The third kappa shape index (κ3) is 2.36. The zero-order valence-electron chi connectivity index (χ0n) is 16.1. The molecule has 3 saturated carbocycles. The van der Waals surface area contributed by atoms with Gasteiger partial charge in [-0.05, 0) is 86.4 Å². The van der Waals surface area contributed by atoms with Crippen LogP contribution < -0.4 is 0 Å². The summed E-state index contributed by atoms with van der Waals surface area (Å²) in [5.41, 5.74) is 3.10. The van der Waals surface area contributed by atoms with Gasteiger partial charge in [-0.3, -0.25) is 0 Å². The lowest BCUT2D eigenvalue weighted by atomic mass is 9.45. The van der Waals surface area contributed by atoms with Gasteiger partial charge < -0.3 is 9.90 Å². The van der Waals surface area contributed by atoms with Gasteiger partial charge in [0.05, 0.1) is 6.10 Å². The molecule has 25 heavy (non-hydrogen) atoms. The van der Waals surface area contributed by atoms with Gasteiger partial charge in [-0.25, -0.2) is 0 Å². The average Bonchev–Trinajstić information content (AvgIpc) is 2.90. The molecular formula is C23H34O2. The normalized spacial score (nSPS) is 51.8. The maximum atomic E-state index is 11.3. The molecule has 2 heteroatoms. The summed E-state index contributed by atoms with van der Waals surface area (Å²) in [4.78, 5) is 11.3. The highest BCUT2D eigenvalue weighted by molar-refractivity contribution is 5.58. The summed E-state index contributed by atoms with van der Waals surface area (Å²) in [6.45, 7) is 11.3. The predicted molar refractivity (Wildman–Crippen MR) is 101 cm³/mol. The van der Waals surface area contributed by atoms with Crippen LogP contribution in [0.1, 0.15) is 65.7 Å². The molecule has 0 bridgehead atoms. The maximum Gasteiger partial charge on any atom is 0.126 e. The van der Waals surface area contributed by atoms with Gasteiger partial charge in [-0.2, -0.15) is 0 Å². The number of fused-ring (bicyclic) bond motifs is 5. The van der Waals surface area contributed by atoms with E-state index in [1.165, 1.54) is 30.4 Å². The lowest BCUT2D eigenvalue weighted by Crippen LogP contribution is -2.56. The number of carbonyl (C=O) groups is 1. The molecule has 0 saturated heterocycles. The number of hydrogen-bond acceptors (Lipinski definition) is 2. The Kier molecular flexibility index (Phi) is 4.07. The maximum absolute atomic E-state index is 11.3. The van der Waals surface area contributed by atoms with Crippen molar-refractivity contribution in [2.75, 3.05) is 0 Å². The molecule has 1 N–H and O–H groups in total. The van der Waals surface area contributed by atoms with Crippen molar-refractivity contribution in [3.8, 4) is 0 Å². The zero-order chi connectivity index (χ0) is 18.0. The van der Waals surface area contributed by atoms with E-state index in [-0.39, 0.29) is 22.9 Å². The summed E-state index contributed by atoms with van der Waals surface area (Å²) in [6, 6.07) is 0. The Morgan fingerprint density at radius 3 is 2.72 bits per heavy atom. The highest BCUT2D eigenvalue weighted by atomic mass is 16.3. The topological polar surface area (TPSA) is 37.3 Å². The molecule has 0 aromatic rings. The predicted octanol–water partition coefficient (Wildman–Crippen LogP) is 4.93. The molecule has 0 aromatic carbocycles. The molecule has 1 unspecified atom stereocenters. The lowest BCUT2D eigenvalue weighted by Gasteiger charge is -2.60. The van der Waals surface area contributed by atoms with E-state index < -0.39 is 0 Å². The van der Waals surface area contributed by atoms with Crippen molar-refractivity contribution in [1.82, 2.24) is 0 Å². The summed E-state index contributed by atoms with van der Waals surface area (Å²) < 4.78 is 0. The fourth-order valence-corrected chi connectivity index (χ4v) is 7.80. The van der Waals surface area contributed by atoms with Crippen LogP contribution in [0.15, 0.2) is 23.8 Å². The van der Waals surface area contributed by atoms with Crippen molar-refractivity contribution in [2.24, 2.45) is 40.4 Å². The lowest BCUT2D eigenvalue weighted by molar-refractivity contribution is -0.127. The molecule has 3 fully saturated rings. The van der Waals surface area contributed by atoms with E-state index in [0.29, 0.717) is 17.8 Å². The third-order valence-electron chi connectivity index (χ3n) is 8.85. The molecule has 0 heterocycles. The summed E-state index contributed by atoms with van der Waals surface area (Å²) in [6.07, 6.45) is 11.0. The number of allylic oxidation sites excluding steroid dienone is 3. The van der Waals surface area contributed by atoms with Crippen molar-refractivity contribution in [3.63, 3.8) is 0 Å². The standard InChI is InChI=1S/C23H34O2/c1-14(2)18-7-8-19-17-6-5-16-11-15(13-24)9-10-22(16,3)21(17)20(25)12-23(18,19)4/h11,13,15,17-21,25H,1,5-10,12H2,2-4H3/t15?,17-,18+,19-,20-,21+,22-,23+/m0/s1. The number of aldehydes is 1. The van der Waals surface area contributed by atoms with Crippen LogP contribution >= 0.6 is 0 Å². The van der Waals surface area contributed by atoms with E-state index in [4.69, 9.17) is 0 Å². The van der Waals surface area contributed by atoms with Crippen LogP contribution in [0.25, 0.3) is 0 Å². The Labute approximate surface area is 152 Å². The van der Waals surface area contributed by atoms with Gasteiger partial charge in [0.2, 0.25) is 0 Å². The number of hydrogen-bond donors (Lipinski definition) is 1. The summed E-state index contributed by atoms with van der Waals surface area (Å²) in [7, 11) is 0. The Morgan fingerprint density at radius 2 is 2.04 bits per heavy atom. The number of aliphatic hydroxyl groups excluding tert-OH is 1. The minimum absolute atomic E-state index is 0.102. The summed E-state index contributed by atoms with van der Waals surface area (Å²) in [5, 5.41) is 11.3. The number of aliphatic hydroxyl groups is 1. The molecule has 0 aromatic heterocycles. The fraction of sp³-hybridized carbons (Fsp3) is 0.783. The zero-order valence-corrected chi connectivity index (χ0v) is 16.1. The molecule has 0 spiro atoms. The van der Waals surface area contributed by atoms with Crippen LogP contribution in [-0.2, 0) is 4.79 Å². The third-order valence-corrected chi connectivity index (χ3v) is 8.85. The van der Waals surface area contributed by atoms with Gasteiger partial charge in [-0.1, -0.05) is 37.6 Å². The Morgan fingerprint density at radius 1 is 1.28 bits per heavy atom. The molecule has 4 aliphatic carbocycles. The van der Waals surface area contributed by atoms with E-state index in [2.05, 4.69) is 33.4 Å². The van der Waals surface area contributed by atoms with Gasteiger partial charge in [0.15, 0.2) is 0 Å². The van der Waals surface area contributed by atoms with Crippen molar-refractivity contribution < 1.29 is 9.90 Å². The van der Waals surface area contributed by atoms with Crippen LogP contribution in [0.2, 0.25) is 0 Å². The molecule has 8 atom stereocenters. The molecular weight excluding hydrogens is 308 g/mol. The van der Waals surface area contributed by atoms with E-state index in [1.54, 1.807) is 0 Å². The van der Waals surface area contributed by atoms with Gasteiger partial charge >= 0.3 is 0 Å². The van der Waals surface area contributed by atoms with Crippen LogP contribution in [0, 0.1) is 40.4 Å². The van der Waals surface area contributed by atoms with Crippen molar-refractivity contribution in [2.45, 2.75) is 71.8 Å². The molecule has 0 radical (unpaired) electrons. The highest BCUT2D eigenvalue weighted by Gasteiger charge is 2.61. The van der Waals surface area contributed by atoms with Crippen molar-refractivity contribution in [1.29, 1.82) is 0 Å². The van der Waals surface area contributed by atoms with E-state index >= 15 is 0 Å². The second kappa shape index (κ2) is 5.81. The largest absolute Gasteiger partial charge is 0.393 e. The first-order valence-corrected chi connectivity index (χ1v) is 10.3. The highest BCUT2D eigenvalue weighted by Crippen LogP contribution is 2.67. The molecule has 4 rings (SSSR count). The van der Waals surface area contributed by atoms with Gasteiger partial charge in [0.25, 0.3) is 0 Å². The van der Waals surface area contributed by atoms with Gasteiger partial charge in [-0.15, -0.1) is 0 Å². The molecule has 138 valence electrons. The first-order valence-electron chi connectivity index (χ1n) is 10.3. The van der Waals surface area contributed by atoms with Gasteiger partial charge in [0.1, 0.15) is 6.29 Å². The first kappa shape index (κ1) is 17.5. The summed E-state index contributed by atoms with van der Waals surface area (Å²) in [5.74, 6) is 2.41. The SMILES string of the molecule is C=C(C)[C@H]1CC[C@H]2[C@@H]3CCC4=CC(C=O)CC[C@]4(C)[C@H]3[C@@H](O)C[C@]12C. The Hall–Kier alpha value is -0.890. The Balaban J connectivity index is 1.70. The monoisotopic (exact) mass is 342 g/mol. The van der Waals surface area contributed by atoms with Crippen LogP contribution in [0.4, 0.5) is 0 Å². The Bertz CT molecular complexity index is 620. The minimum Gasteiger partial charge on any atom is -0.393 e. The van der Waals surface area contributed by atoms with Crippen LogP contribution in [0.3, 0.4) is 0 Å². The van der Waals surface area contributed by atoms with Crippen LogP contribution in [0.5, 0.6) is 0 Å². The van der Waals surface area contributed by atoms with Crippen molar-refractivity contribution >= 4 is 6.29 Å². The van der Waals surface area contributed by atoms with Crippen LogP contribution in [-0.4, -0.2) is 17.5 Å². The minimum atomic E-state index is -0.215. The van der Waals surface area contributed by atoms with Crippen molar-refractivity contribution in [3.05, 3.63) is 23.8 Å². The van der Waals surface area contributed by atoms with E-state index in [0.717, 1.165) is 37.9 Å². The molecule has 0 amide bonds.